The maximum Gasteiger partial charge on any atom is 0.229 e. The van der Waals surface area contributed by atoms with Gasteiger partial charge in [0.1, 0.15) is 5.82 Å². The summed E-state index contributed by atoms with van der Waals surface area (Å²) in [5.74, 6) is 1.37. The molecule has 0 fully saturated rings. The van der Waals surface area contributed by atoms with Gasteiger partial charge in [-0.3, -0.25) is 9.78 Å². The van der Waals surface area contributed by atoms with Gasteiger partial charge in [0.15, 0.2) is 0 Å². The zero-order chi connectivity index (χ0) is 25.4. The highest BCUT2D eigenvalue weighted by Gasteiger charge is 2.16. The third-order valence-electron chi connectivity index (χ3n) is 5.51. The second-order valence-electron chi connectivity index (χ2n) is 10.0. The number of hydrogen-bond acceptors (Lipinski definition) is 7. The first-order valence-corrected chi connectivity index (χ1v) is 12.0. The summed E-state index contributed by atoms with van der Waals surface area (Å²) in [5, 5.41) is 12.7. The number of nitrogens with one attached hydrogen (secondary N) is 4. The van der Waals surface area contributed by atoms with Crippen molar-refractivity contribution >= 4 is 29.6 Å². The third-order valence-corrected chi connectivity index (χ3v) is 5.51. The van der Waals surface area contributed by atoms with E-state index < -0.39 is 0 Å². The summed E-state index contributed by atoms with van der Waals surface area (Å²) < 4.78 is 0. The Bertz CT molecular complexity index is 1140. The van der Waals surface area contributed by atoms with E-state index in [1.807, 2.05) is 39.2 Å². The molecule has 4 rings (SSSR count). The van der Waals surface area contributed by atoms with Crippen molar-refractivity contribution in [3.63, 3.8) is 0 Å². The van der Waals surface area contributed by atoms with Crippen LogP contribution in [-0.4, -0.2) is 33.9 Å². The van der Waals surface area contributed by atoms with E-state index in [0.29, 0.717) is 12.4 Å². The minimum atomic E-state index is -0.00685. The molecular formula is C27H37N7O. The standard InChI is InChI=1S/C23H28N6.C4H9NO/c1-15-13-26-22(28-18-6-5-17-14-24-9-7-16(17)11-18)29-21(15)27-19-8-10-25-20(12-19)23(2,3)4;1-4(2)5-3-6/h5-6,8,10-13,24H,7,9,14H2,1-4H3,(H2,25,26,27,28,29);3-4H,1-2H3,(H,5,6). The van der Waals surface area contributed by atoms with Crippen molar-refractivity contribution in [1.29, 1.82) is 0 Å². The van der Waals surface area contributed by atoms with Gasteiger partial charge in [0.2, 0.25) is 12.4 Å². The van der Waals surface area contributed by atoms with Crippen molar-refractivity contribution in [2.75, 3.05) is 17.2 Å². The number of nitrogens with zero attached hydrogens (tertiary/aromatic N) is 3. The predicted octanol–water partition coefficient (Wildman–Crippen LogP) is 4.75. The lowest BCUT2D eigenvalue weighted by Gasteiger charge is -2.19. The summed E-state index contributed by atoms with van der Waals surface area (Å²) in [5.41, 5.74) is 6.75. The molecule has 186 valence electrons. The van der Waals surface area contributed by atoms with E-state index >= 15 is 0 Å². The van der Waals surface area contributed by atoms with Crippen LogP contribution in [0, 0.1) is 6.92 Å². The van der Waals surface area contributed by atoms with E-state index in [1.54, 1.807) is 0 Å². The average molecular weight is 476 g/mol. The number of fused-ring (bicyclic) bond motifs is 1. The van der Waals surface area contributed by atoms with E-state index in [4.69, 9.17) is 4.98 Å². The number of amides is 1. The molecule has 2 aromatic heterocycles. The van der Waals surface area contributed by atoms with Gasteiger partial charge in [-0.2, -0.15) is 4.98 Å². The van der Waals surface area contributed by atoms with Gasteiger partial charge in [-0.05, 0) is 69.1 Å². The maximum absolute atomic E-state index is 9.50. The molecule has 1 aliphatic rings. The fourth-order valence-corrected chi connectivity index (χ4v) is 3.50. The first kappa shape index (κ1) is 26.1. The van der Waals surface area contributed by atoms with Crippen LogP contribution in [0.5, 0.6) is 0 Å². The van der Waals surface area contributed by atoms with E-state index in [1.165, 1.54) is 11.1 Å². The van der Waals surface area contributed by atoms with Crippen molar-refractivity contribution < 1.29 is 4.79 Å². The summed E-state index contributed by atoms with van der Waals surface area (Å²) in [6.45, 7) is 14.3. The molecule has 0 bridgehead atoms. The van der Waals surface area contributed by atoms with Crippen LogP contribution in [0.1, 0.15) is 57.0 Å². The lowest BCUT2D eigenvalue weighted by molar-refractivity contribution is -0.109. The van der Waals surface area contributed by atoms with E-state index in [0.717, 1.165) is 48.0 Å². The van der Waals surface area contributed by atoms with Crippen molar-refractivity contribution in [3.05, 3.63) is 65.1 Å². The highest BCUT2D eigenvalue weighted by molar-refractivity contribution is 5.63. The van der Waals surface area contributed by atoms with Crippen molar-refractivity contribution in [2.45, 2.75) is 66.0 Å². The largest absolute Gasteiger partial charge is 0.357 e. The molecule has 8 heteroatoms. The fraction of sp³-hybridized carbons (Fsp3) is 0.407. The Balaban J connectivity index is 0.000000509. The van der Waals surface area contributed by atoms with Crippen LogP contribution < -0.4 is 21.3 Å². The van der Waals surface area contributed by atoms with Crippen LogP contribution >= 0.6 is 0 Å². The number of benzene rings is 1. The summed E-state index contributed by atoms with van der Waals surface area (Å²) in [4.78, 5) is 23.2. The second-order valence-corrected chi connectivity index (χ2v) is 10.0. The SMILES string of the molecule is CC(C)NC=O.Cc1cnc(Nc2ccc3c(c2)CCNC3)nc1Nc1ccnc(C(C)(C)C)c1. The predicted molar refractivity (Wildman–Crippen MR) is 142 cm³/mol. The van der Waals surface area contributed by atoms with Crippen LogP contribution in [0.2, 0.25) is 0 Å². The second kappa shape index (κ2) is 11.8. The summed E-state index contributed by atoms with van der Waals surface area (Å²) >= 11 is 0. The molecule has 3 heterocycles. The van der Waals surface area contributed by atoms with Gasteiger partial charge >= 0.3 is 0 Å². The minimum Gasteiger partial charge on any atom is -0.357 e. The summed E-state index contributed by atoms with van der Waals surface area (Å²) in [6, 6.07) is 10.8. The number of carbonyl (C=O) groups excluding carboxylic acids is 1. The Labute approximate surface area is 208 Å². The average Bonchev–Trinajstić information content (AvgIpc) is 2.81. The lowest BCUT2D eigenvalue weighted by Crippen LogP contribution is -2.23. The Kier molecular flexibility index (Phi) is 8.76. The molecule has 8 nitrogen and oxygen atoms in total. The van der Waals surface area contributed by atoms with Crippen molar-refractivity contribution in [3.8, 4) is 0 Å². The van der Waals surface area contributed by atoms with E-state index in [-0.39, 0.29) is 11.5 Å². The molecule has 35 heavy (non-hydrogen) atoms. The normalized spacial score (nSPS) is 12.8. The van der Waals surface area contributed by atoms with Gasteiger partial charge in [-0.1, -0.05) is 26.8 Å². The zero-order valence-corrected chi connectivity index (χ0v) is 21.6. The Hall–Kier alpha value is -3.52. The van der Waals surface area contributed by atoms with Gasteiger partial charge < -0.3 is 21.3 Å². The molecule has 4 N–H and O–H groups in total. The van der Waals surface area contributed by atoms with Gasteiger partial charge in [0.05, 0.1) is 0 Å². The van der Waals surface area contributed by atoms with Crippen LogP contribution in [0.3, 0.4) is 0 Å². The molecule has 1 aliphatic heterocycles. The van der Waals surface area contributed by atoms with Gasteiger partial charge in [0, 0.05) is 53.0 Å². The molecule has 0 unspecified atom stereocenters. The number of aromatic nitrogens is 3. The smallest absolute Gasteiger partial charge is 0.229 e. The number of anilines is 4. The van der Waals surface area contributed by atoms with Crippen LogP contribution in [-0.2, 0) is 23.2 Å². The summed E-state index contributed by atoms with van der Waals surface area (Å²) in [6.07, 6.45) is 5.42. The topological polar surface area (TPSA) is 104 Å². The number of pyridine rings is 1. The molecule has 1 amide bonds. The minimum absolute atomic E-state index is 0.00685. The van der Waals surface area contributed by atoms with Crippen LogP contribution in [0.15, 0.2) is 42.7 Å². The molecule has 1 aromatic carbocycles. The van der Waals surface area contributed by atoms with Gasteiger partial charge in [-0.15, -0.1) is 0 Å². The van der Waals surface area contributed by atoms with Crippen LogP contribution in [0.25, 0.3) is 0 Å². The number of carbonyl (C=O) groups is 1. The molecule has 0 atom stereocenters. The van der Waals surface area contributed by atoms with Gasteiger partial charge in [-0.25, -0.2) is 4.98 Å². The quantitative estimate of drug-likeness (QED) is 0.381. The molecule has 0 radical (unpaired) electrons. The molecule has 0 saturated heterocycles. The fourth-order valence-electron chi connectivity index (χ4n) is 3.50. The summed E-state index contributed by atoms with van der Waals surface area (Å²) in [7, 11) is 0. The Morgan fingerprint density at radius 1 is 1.03 bits per heavy atom. The monoisotopic (exact) mass is 475 g/mol. The number of hydrogen-bond donors (Lipinski definition) is 4. The molecule has 3 aromatic rings. The number of aryl methyl sites for hydroxylation is 1. The number of rotatable bonds is 6. The van der Waals surface area contributed by atoms with E-state index in [2.05, 4.69) is 76.3 Å². The third kappa shape index (κ3) is 7.75. The molecule has 0 aliphatic carbocycles. The Morgan fingerprint density at radius 3 is 2.49 bits per heavy atom. The molecule has 0 saturated carbocycles. The van der Waals surface area contributed by atoms with Crippen molar-refractivity contribution in [1.82, 2.24) is 25.6 Å². The first-order valence-electron chi connectivity index (χ1n) is 12.0. The highest BCUT2D eigenvalue weighted by Crippen LogP contribution is 2.26. The van der Waals surface area contributed by atoms with Crippen LogP contribution in [0.4, 0.5) is 23.1 Å². The van der Waals surface area contributed by atoms with Gasteiger partial charge in [0.25, 0.3) is 0 Å². The lowest BCUT2D eigenvalue weighted by atomic mass is 9.91. The molecule has 0 spiro atoms. The van der Waals surface area contributed by atoms with E-state index in [9.17, 15) is 4.79 Å². The maximum atomic E-state index is 9.50. The Morgan fingerprint density at radius 2 is 1.80 bits per heavy atom. The first-order chi connectivity index (χ1) is 16.7. The van der Waals surface area contributed by atoms with Crippen molar-refractivity contribution in [2.24, 2.45) is 0 Å². The zero-order valence-electron chi connectivity index (χ0n) is 21.6. The highest BCUT2D eigenvalue weighted by atomic mass is 16.1. The molecular weight excluding hydrogens is 438 g/mol.